The summed E-state index contributed by atoms with van der Waals surface area (Å²) in [5.41, 5.74) is 1.40. The molecule has 3 aromatic rings. The van der Waals surface area contributed by atoms with Gasteiger partial charge in [-0.3, -0.25) is 4.79 Å². The molecule has 1 saturated carbocycles. The monoisotopic (exact) mass is 367 g/mol. The second-order valence-electron chi connectivity index (χ2n) is 6.63. The lowest BCUT2D eigenvalue weighted by Crippen LogP contribution is -2.32. The second-order valence-corrected chi connectivity index (χ2v) is 6.63. The first kappa shape index (κ1) is 15.9. The minimum Gasteiger partial charge on any atom is -0.486 e. The van der Waals surface area contributed by atoms with Crippen LogP contribution in [-0.2, 0) is 0 Å². The molecule has 0 radical (unpaired) electrons. The quantitative estimate of drug-likeness (QED) is 0.756. The molecule has 0 atom stereocenters. The number of rotatable bonds is 4. The first-order valence-corrected chi connectivity index (χ1v) is 8.82. The molecule has 0 spiro atoms. The first-order valence-electron chi connectivity index (χ1n) is 8.82. The highest BCUT2D eigenvalue weighted by Gasteiger charge is 2.33. The molecule has 1 N–H and O–H groups in total. The van der Waals surface area contributed by atoms with Gasteiger partial charge in [0, 0.05) is 0 Å². The molecule has 0 unspecified atom stereocenters. The Morgan fingerprint density at radius 2 is 1.89 bits per heavy atom. The zero-order chi connectivity index (χ0) is 18.2. The van der Waals surface area contributed by atoms with E-state index in [1.807, 2.05) is 6.07 Å². The van der Waals surface area contributed by atoms with Gasteiger partial charge in [-0.25, -0.2) is 9.97 Å². The maximum atomic E-state index is 11.1. The van der Waals surface area contributed by atoms with Gasteiger partial charge in [0.1, 0.15) is 25.0 Å². The van der Waals surface area contributed by atoms with E-state index in [1.165, 1.54) is 17.8 Å². The Labute approximate surface area is 154 Å². The van der Waals surface area contributed by atoms with E-state index in [0.29, 0.717) is 36.5 Å². The van der Waals surface area contributed by atoms with E-state index in [1.54, 1.807) is 6.20 Å². The van der Waals surface area contributed by atoms with Gasteiger partial charge in [-0.1, -0.05) is 6.07 Å². The van der Waals surface area contributed by atoms with Crippen LogP contribution in [0.4, 0.5) is 0 Å². The maximum Gasteiger partial charge on any atom is 0.280 e. The lowest BCUT2D eigenvalue weighted by molar-refractivity contribution is 0.0927. The molecule has 138 valence electrons. The smallest absolute Gasteiger partial charge is 0.280 e. The predicted octanol–water partition coefficient (Wildman–Crippen LogP) is 2.52. The van der Waals surface area contributed by atoms with Crippen LogP contribution in [0.25, 0.3) is 11.5 Å². The van der Waals surface area contributed by atoms with Crippen LogP contribution in [0, 0.1) is 0 Å². The highest BCUT2D eigenvalue weighted by atomic mass is 16.6. The second kappa shape index (κ2) is 6.46. The summed E-state index contributed by atoms with van der Waals surface area (Å²) in [6.07, 6.45) is 5.00. The van der Waals surface area contributed by atoms with E-state index >= 15 is 0 Å². The molecule has 1 aliphatic carbocycles. The molecule has 1 fully saturated rings. The molecule has 1 aliphatic heterocycles. The van der Waals surface area contributed by atoms with Crippen LogP contribution in [0.3, 0.4) is 0 Å². The van der Waals surface area contributed by atoms with Crippen molar-refractivity contribution in [1.29, 1.82) is 0 Å². The third-order valence-corrected chi connectivity index (χ3v) is 4.82. The zero-order valence-corrected chi connectivity index (χ0v) is 14.4. The summed E-state index contributed by atoms with van der Waals surface area (Å²) >= 11 is 0. The van der Waals surface area contributed by atoms with Crippen molar-refractivity contribution in [2.75, 3.05) is 13.2 Å². The Kier molecular flexibility index (Phi) is 3.81. The Hall–Kier alpha value is -3.29. The van der Waals surface area contributed by atoms with Crippen LogP contribution in [0.2, 0.25) is 0 Å². The van der Waals surface area contributed by atoms with E-state index in [2.05, 4.69) is 27.3 Å². The van der Waals surface area contributed by atoms with Gasteiger partial charge in [0.15, 0.2) is 17.3 Å². The molecular formula is C19H17N3O5. The highest BCUT2D eigenvalue weighted by Crippen LogP contribution is 2.42. The lowest BCUT2D eigenvalue weighted by atomic mass is 9.77. The summed E-state index contributed by atoms with van der Waals surface area (Å²) in [5, 5.41) is 2.23. The fraction of sp³-hybridized carbons (Fsp3) is 0.316. The van der Waals surface area contributed by atoms with Crippen molar-refractivity contribution in [3.63, 3.8) is 0 Å². The van der Waals surface area contributed by atoms with Crippen LogP contribution in [0.5, 0.6) is 17.4 Å². The predicted molar refractivity (Wildman–Crippen MR) is 94.2 cm³/mol. The fourth-order valence-electron chi connectivity index (χ4n) is 3.33. The lowest BCUT2D eigenvalue weighted by Gasteiger charge is -2.35. The van der Waals surface area contributed by atoms with Gasteiger partial charge in [-0.2, -0.15) is 5.16 Å². The van der Waals surface area contributed by atoms with Crippen LogP contribution in [-0.4, -0.2) is 34.4 Å². The Morgan fingerprint density at radius 3 is 2.63 bits per heavy atom. The number of H-pyrrole nitrogens is 1. The van der Waals surface area contributed by atoms with Gasteiger partial charge in [0.05, 0.1) is 18.5 Å². The number of benzene rings is 1. The number of aromatic amines is 1. The molecule has 0 saturated heterocycles. The summed E-state index contributed by atoms with van der Waals surface area (Å²) in [5.74, 6) is 2.88. The van der Waals surface area contributed by atoms with E-state index in [0.717, 1.165) is 24.3 Å². The normalized spacial score (nSPS) is 20.7. The molecule has 2 aliphatic rings. The van der Waals surface area contributed by atoms with Gasteiger partial charge in [-0.15, -0.1) is 0 Å². The number of ether oxygens (including phenoxy) is 3. The minimum absolute atomic E-state index is 0.105. The van der Waals surface area contributed by atoms with Gasteiger partial charge in [0.2, 0.25) is 5.88 Å². The van der Waals surface area contributed by atoms with Crippen molar-refractivity contribution in [2.45, 2.75) is 24.9 Å². The maximum absolute atomic E-state index is 11.1. The van der Waals surface area contributed by atoms with E-state index in [-0.39, 0.29) is 11.7 Å². The first-order chi connectivity index (χ1) is 13.2. The van der Waals surface area contributed by atoms with Crippen molar-refractivity contribution < 1.29 is 18.7 Å². The van der Waals surface area contributed by atoms with Crippen LogP contribution < -0.4 is 19.8 Å². The highest BCUT2D eigenvalue weighted by molar-refractivity contribution is 5.49. The molecule has 2 aromatic heterocycles. The number of aromatic nitrogens is 3. The minimum atomic E-state index is -0.313. The number of fused-ring (bicyclic) bond motifs is 1. The van der Waals surface area contributed by atoms with E-state index in [9.17, 15) is 4.79 Å². The van der Waals surface area contributed by atoms with Crippen molar-refractivity contribution in [2.24, 2.45) is 0 Å². The third kappa shape index (κ3) is 3.14. The summed E-state index contributed by atoms with van der Waals surface area (Å²) in [4.78, 5) is 19.6. The molecule has 0 amide bonds. The molecule has 8 nitrogen and oxygen atoms in total. The SMILES string of the molecule is O=c1cc(-c2cnc(OC3CC(c4ccc5c(c4)OCCO5)C3)cn2)o[nH]1. The number of nitrogens with zero attached hydrogens (tertiary/aromatic N) is 2. The van der Waals surface area contributed by atoms with Crippen molar-refractivity contribution >= 4 is 0 Å². The van der Waals surface area contributed by atoms with Crippen molar-refractivity contribution in [1.82, 2.24) is 15.1 Å². The van der Waals surface area contributed by atoms with Crippen molar-refractivity contribution in [3.8, 4) is 28.8 Å². The van der Waals surface area contributed by atoms with Gasteiger partial charge in [0.25, 0.3) is 5.56 Å². The number of nitrogens with one attached hydrogen (secondary N) is 1. The average molecular weight is 367 g/mol. The average Bonchev–Trinajstić information content (AvgIpc) is 3.11. The standard InChI is InChI=1S/C19H17N3O5/c23-18-8-16(27-22-18)14-9-21-19(10-20-14)26-13-5-12(6-13)11-1-2-15-17(7-11)25-4-3-24-15/h1-2,7-10,12-13H,3-6H2,(H,22,23). The summed E-state index contributed by atoms with van der Waals surface area (Å²) < 4.78 is 22.1. The molecule has 5 rings (SSSR count). The van der Waals surface area contributed by atoms with Crippen LogP contribution in [0.15, 0.2) is 46.0 Å². The van der Waals surface area contributed by atoms with Gasteiger partial charge in [-0.05, 0) is 36.5 Å². The number of hydrogen-bond donors (Lipinski definition) is 1. The van der Waals surface area contributed by atoms with Gasteiger partial charge < -0.3 is 18.7 Å². The Morgan fingerprint density at radius 1 is 1.04 bits per heavy atom. The van der Waals surface area contributed by atoms with Gasteiger partial charge >= 0.3 is 0 Å². The van der Waals surface area contributed by atoms with Crippen LogP contribution >= 0.6 is 0 Å². The zero-order valence-electron chi connectivity index (χ0n) is 14.4. The molecule has 3 heterocycles. The molecule has 8 heteroatoms. The topological polar surface area (TPSA) is 99.5 Å². The molecule has 0 bridgehead atoms. The summed E-state index contributed by atoms with van der Waals surface area (Å²) in [6, 6.07) is 7.46. The molecular weight excluding hydrogens is 350 g/mol. The summed E-state index contributed by atoms with van der Waals surface area (Å²) in [6.45, 7) is 1.19. The number of hydrogen-bond acceptors (Lipinski definition) is 7. The summed E-state index contributed by atoms with van der Waals surface area (Å²) in [7, 11) is 0. The molecule has 27 heavy (non-hydrogen) atoms. The molecule has 1 aromatic carbocycles. The fourth-order valence-corrected chi connectivity index (χ4v) is 3.33. The van der Waals surface area contributed by atoms with Crippen LogP contribution in [0.1, 0.15) is 24.3 Å². The van der Waals surface area contributed by atoms with E-state index in [4.69, 9.17) is 18.7 Å². The van der Waals surface area contributed by atoms with Crippen molar-refractivity contribution in [3.05, 3.63) is 52.6 Å². The largest absolute Gasteiger partial charge is 0.486 e. The Bertz CT molecular complexity index is 1000. The third-order valence-electron chi connectivity index (χ3n) is 4.82. The van der Waals surface area contributed by atoms with E-state index < -0.39 is 0 Å². The Balaban J connectivity index is 1.20.